The number of carbonyl (C=O) groups excluding carboxylic acids is 1. The third-order valence-corrected chi connectivity index (χ3v) is 3.90. The molecule has 0 bridgehead atoms. The van der Waals surface area contributed by atoms with Crippen molar-refractivity contribution in [1.82, 2.24) is 4.98 Å². The standard InChI is InChI=1S/C21H21N3O/c1-15(2)16-8-10-19(11-9-16)24-21(25)17-12-20(14-22-13-17)23-18-6-4-3-5-7-18/h3-15,23H,1-2H3,(H,24,25). The van der Waals surface area contributed by atoms with E-state index in [1.807, 2.05) is 54.6 Å². The molecule has 1 amide bonds. The van der Waals surface area contributed by atoms with E-state index in [-0.39, 0.29) is 5.91 Å². The van der Waals surface area contributed by atoms with Crippen LogP contribution in [0.25, 0.3) is 0 Å². The first kappa shape index (κ1) is 16.7. The van der Waals surface area contributed by atoms with E-state index < -0.39 is 0 Å². The molecular formula is C21H21N3O. The fourth-order valence-electron chi connectivity index (χ4n) is 2.48. The Balaban J connectivity index is 1.70. The molecule has 3 aromatic rings. The zero-order valence-electron chi connectivity index (χ0n) is 14.4. The van der Waals surface area contributed by atoms with Crippen molar-refractivity contribution < 1.29 is 4.79 Å². The summed E-state index contributed by atoms with van der Waals surface area (Å²) in [6.45, 7) is 4.29. The molecule has 0 aliphatic carbocycles. The van der Waals surface area contributed by atoms with E-state index >= 15 is 0 Å². The average Bonchev–Trinajstić information content (AvgIpc) is 2.63. The Kier molecular flexibility index (Phi) is 5.09. The molecule has 3 rings (SSSR count). The number of pyridine rings is 1. The minimum absolute atomic E-state index is 0.179. The molecule has 25 heavy (non-hydrogen) atoms. The van der Waals surface area contributed by atoms with Gasteiger partial charge in [0.25, 0.3) is 5.91 Å². The van der Waals surface area contributed by atoms with Gasteiger partial charge in [0, 0.05) is 17.6 Å². The molecule has 0 aliphatic rings. The molecule has 0 fully saturated rings. The summed E-state index contributed by atoms with van der Waals surface area (Å²) in [5.74, 6) is 0.288. The van der Waals surface area contributed by atoms with Gasteiger partial charge in [0.1, 0.15) is 0 Å². The van der Waals surface area contributed by atoms with Crippen molar-refractivity contribution >= 4 is 23.0 Å². The first-order valence-corrected chi connectivity index (χ1v) is 8.30. The number of anilines is 3. The number of carbonyl (C=O) groups is 1. The van der Waals surface area contributed by atoms with Crippen LogP contribution in [0.5, 0.6) is 0 Å². The topological polar surface area (TPSA) is 54.0 Å². The average molecular weight is 331 g/mol. The SMILES string of the molecule is CC(C)c1ccc(NC(=O)c2cncc(Nc3ccccc3)c2)cc1. The van der Waals surface area contributed by atoms with Gasteiger partial charge in [-0.3, -0.25) is 9.78 Å². The quantitative estimate of drug-likeness (QED) is 0.675. The van der Waals surface area contributed by atoms with Crippen molar-refractivity contribution in [2.24, 2.45) is 0 Å². The van der Waals surface area contributed by atoms with Gasteiger partial charge in [-0.25, -0.2) is 0 Å². The van der Waals surface area contributed by atoms with Crippen LogP contribution < -0.4 is 10.6 Å². The number of para-hydroxylation sites is 1. The molecule has 0 radical (unpaired) electrons. The Morgan fingerprint density at radius 2 is 1.60 bits per heavy atom. The molecule has 0 unspecified atom stereocenters. The summed E-state index contributed by atoms with van der Waals surface area (Å²) in [6.07, 6.45) is 3.26. The lowest BCUT2D eigenvalue weighted by atomic mass is 10.0. The molecule has 4 nitrogen and oxygen atoms in total. The van der Waals surface area contributed by atoms with E-state index in [9.17, 15) is 4.79 Å². The van der Waals surface area contributed by atoms with E-state index in [0.717, 1.165) is 17.1 Å². The highest BCUT2D eigenvalue weighted by Gasteiger charge is 2.08. The first-order valence-electron chi connectivity index (χ1n) is 8.30. The number of hydrogen-bond donors (Lipinski definition) is 2. The van der Waals surface area contributed by atoms with Gasteiger partial charge in [0.2, 0.25) is 0 Å². The highest BCUT2D eigenvalue weighted by atomic mass is 16.1. The molecule has 1 heterocycles. The lowest BCUT2D eigenvalue weighted by molar-refractivity contribution is 0.102. The molecule has 0 atom stereocenters. The largest absolute Gasteiger partial charge is 0.354 e. The molecule has 2 aromatic carbocycles. The van der Waals surface area contributed by atoms with Crippen molar-refractivity contribution in [2.45, 2.75) is 19.8 Å². The van der Waals surface area contributed by atoms with Crippen LogP contribution in [0.15, 0.2) is 73.1 Å². The summed E-state index contributed by atoms with van der Waals surface area (Å²) in [6, 6.07) is 19.5. The number of amides is 1. The van der Waals surface area contributed by atoms with Crippen LogP contribution in [-0.4, -0.2) is 10.9 Å². The number of nitrogens with one attached hydrogen (secondary N) is 2. The van der Waals surface area contributed by atoms with Gasteiger partial charge >= 0.3 is 0 Å². The lowest BCUT2D eigenvalue weighted by Gasteiger charge is -2.10. The molecule has 2 N–H and O–H groups in total. The third-order valence-electron chi connectivity index (χ3n) is 3.90. The Morgan fingerprint density at radius 3 is 2.28 bits per heavy atom. The monoisotopic (exact) mass is 331 g/mol. The Bertz CT molecular complexity index is 843. The van der Waals surface area contributed by atoms with Crippen LogP contribution in [0.1, 0.15) is 35.7 Å². The number of benzene rings is 2. The van der Waals surface area contributed by atoms with E-state index in [4.69, 9.17) is 0 Å². The first-order chi connectivity index (χ1) is 12.1. The van der Waals surface area contributed by atoms with Gasteiger partial charge in [0.05, 0.1) is 17.4 Å². The summed E-state index contributed by atoms with van der Waals surface area (Å²) >= 11 is 0. The molecule has 0 saturated carbocycles. The minimum Gasteiger partial charge on any atom is -0.354 e. The molecule has 0 spiro atoms. The highest BCUT2D eigenvalue weighted by molar-refractivity contribution is 6.04. The Labute approximate surface area is 147 Å². The number of nitrogens with zero attached hydrogens (tertiary/aromatic N) is 1. The normalized spacial score (nSPS) is 10.5. The zero-order valence-corrected chi connectivity index (χ0v) is 14.4. The molecular weight excluding hydrogens is 310 g/mol. The summed E-state index contributed by atoms with van der Waals surface area (Å²) in [4.78, 5) is 16.6. The summed E-state index contributed by atoms with van der Waals surface area (Å²) in [5, 5.41) is 6.15. The van der Waals surface area contributed by atoms with Gasteiger partial charge < -0.3 is 10.6 Å². The van der Waals surface area contributed by atoms with Crippen molar-refractivity contribution in [3.05, 3.63) is 84.2 Å². The van der Waals surface area contributed by atoms with Gasteiger partial charge in [-0.2, -0.15) is 0 Å². The number of hydrogen-bond acceptors (Lipinski definition) is 3. The fourth-order valence-corrected chi connectivity index (χ4v) is 2.48. The second kappa shape index (κ2) is 7.62. The molecule has 0 saturated heterocycles. The van der Waals surface area contributed by atoms with Crippen molar-refractivity contribution in [3.8, 4) is 0 Å². The summed E-state index contributed by atoms with van der Waals surface area (Å²) < 4.78 is 0. The van der Waals surface area contributed by atoms with Crippen LogP contribution in [0.3, 0.4) is 0 Å². The van der Waals surface area contributed by atoms with Crippen LogP contribution in [0.4, 0.5) is 17.1 Å². The Hall–Kier alpha value is -3.14. The second-order valence-electron chi connectivity index (χ2n) is 6.18. The van der Waals surface area contributed by atoms with Crippen LogP contribution in [0, 0.1) is 0 Å². The van der Waals surface area contributed by atoms with E-state index in [1.165, 1.54) is 5.56 Å². The fraction of sp³-hybridized carbons (Fsp3) is 0.143. The van der Waals surface area contributed by atoms with Crippen molar-refractivity contribution in [1.29, 1.82) is 0 Å². The van der Waals surface area contributed by atoms with E-state index in [2.05, 4.69) is 29.5 Å². The summed E-state index contributed by atoms with van der Waals surface area (Å²) in [5.41, 5.74) is 4.25. The van der Waals surface area contributed by atoms with Crippen LogP contribution in [-0.2, 0) is 0 Å². The predicted molar refractivity (Wildman–Crippen MR) is 102 cm³/mol. The predicted octanol–water partition coefficient (Wildman–Crippen LogP) is 5.20. The maximum atomic E-state index is 12.5. The maximum absolute atomic E-state index is 12.5. The Morgan fingerprint density at radius 1 is 0.880 bits per heavy atom. The van der Waals surface area contributed by atoms with Crippen molar-refractivity contribution in [2.75, 3.05) is 10.6 Å². The van der Waals surface area contributed by atoms with Crippen LogP contribution >= 0.6 is 0 Å². The molecule has 126 valence electrons. The third kappa shape index (κ3) is 4.44. The summed E-state index contributed by atoms with van der Waals surface area (Å²) in [7, 11) is 0. The number of aromatic nitrogens is 1. The smallest absolute Gasteiger partial charge is 0.257 e. The lowest BCUT2D eigenvalue weighted by Crippen LogP contribution is -2.12. The molecule has 4 heteroatoms. The van der Waals surface area contributed by atoms with Gasteiger partial charge in [-0.15, -0.1) is 0 Å². The van der Waals surface area contributed by atoms with Crippen LogP contribution in [0.2, 0.25) is 0 Å². The van der Waals surface area contributed by atoms with E-state index in [1.54, 1.807) is 18.5 Å². The highest BCUT2D eigenvalue weighted by Crippen LogP contribution is 2.19. The maximum Gasteiger partial charge on any atom is 0.257 e. The second-order valence-corrected chi connectivity index (χ2v) is 6.18. The van der Waals surface area contributed by atoms with Crippen molar-refractivity contribution in [3.63, 3.8) is 0 Å². The minimum atomic E-state index is -0.179. The van der Waals surface area contributed by atoms with Gasteiger partial charge in [0.15, 0.2) is 0 Å². The van der Waals surface area contributed by atoms with Gasteiger partial charge in [-0.1, -0.05) is 44.2 Å². The molecule has 1 aromatic heterocycles. The van der Waals surface area contributed by atoms with Gasteiger partial charge in [-0.05, 0) is 41.8 Å². The molecule has 0 aliphatic heterocycles. The van der Waals surface area contributed by atoms with E-state index in [0.29, 0.717) is 11.5 Å². The number of rotatable bonds is 5. The zero-order chi connectivity index (χ0) is 17.6.